The molecule has 0 bridgehead atoms. The van der Waals surface area contributed by atoms with Gasteiger partial charge in [-0.25, -0.2) is 8.78 Å². The predicted octanol–water partition coefficient (Wildman–Crippen LogP) is 3.36. The molecule has 0 saturated carbocycles. The first kappa shape index (κ1) is 14.5. The van der Waals surface area contributed by atoms with Gasteiger partial charge in [0.1, 0.15) is 12.4 Å². The molecule has 3 rings (SSSR count). The molecule has 1 amide bonds. The monoisotopic (exact) mass is 303 g/mol. The van der Waals surface area contributed by atoms with Gasteiger partial charge in [-0.15, -0.1) is 0 Å². The summed E-state index contributed by atoms with van der Waals surface area (Å²) in [6.07, 6.45) is 0. The van der Waals surface area contributed by atoms with Crippen LogP contribution in [0.25, 0.3) is 0 Å². The van der Waals surface area contributed by atoms with Crippen molar-refractivity contribution < 1.29 is 18.3 Å². The molecule has 5 heteroatoms. The molecule has 22 heavy (non-hydrogen) atoms. The number of ether oxygens (including phenoxy) is 1. The number of nitrogens with zero attached hydrogens (tertiary/aromatic N) is 1. The van der Waals surface area contributed by atoms with Crippen LogP contribution in [-0.4, -0.2) is 29.8 Å². The summed E-state index contributed by atoms with van der Waals surface area (Å²) < 4.78 is 31.3. The van der Waals surface area contributed by atoms with Gasteiger partial charge in [-0.3, -0.25) is 4.79 Å². The topological polar surface area (TPSA) is 29.5 Å². The molecule has 1 fully saturated rings. The second-order valence-corrected chi connectivity index (χ2v) is 5.32. The van der Waals surface area contributed by atoms with Crippen molar-refractivity contribution in [3.05, 3.63) is 65.7 Å². The first-order chi connectivity index (χ1) is 10.5. The number of rotatable bonds is 4. The van der Waals surface area contributed by atoms with E-state index in [1.165, 1.54) is 0 Å². The Hall–Kier alpha value is -2.43. The summed E-state index contributed by atoms with van der Waals surface area (Å²) in [6.45, 7) is -0.637. The fraction of sp³-hybridized carbons (Fsp3) is 0.235. The van der Waals surface area contributed by atoms with E-state index in [9.17, 15) is 13.6 Å². The van der Waals surface area contributed by atoms with Crippen LogP contribution < -0.4 is 4.74 Å². The molecule has 1 saturated heterocycles. The van der Waals surface area contributed by atoms with Crippen LogP contribution in [0.15, 0.2) is 54.6 Å². The SMILES string of the molecule is O=C(c1cccc(OCc2ccccc2)c1)N1CC(F)(F)C1. The highest BCUT2D eigenvalue weighted by atomic mass is 19.3. The summed E-state index contributed by atoms with van der Waals surface area (Å²) >= 11 is 0. The van der Waals surface area contributed by atoms with Crippen molar-refractivity contribution in [2.45, 2.75) is 12.5 Å². The number of likely N-dealkylation sites (tertiary alicyclic amines) is 1. The third kappa shape index (κ3) is 3.24. The lowest BCUT2D eigenvalue weighted by Gasteiger charge is -2.38. The van der Waals surface area contributed by atoms with Gasteiger partial charge in [0.25, 0.3) is 11.8 Å². The predicted molar refractivity (Wildman–Crippen MR) is 78.1 cm³/mol. The quantitative estimate of drug-likeness (QED) is 0.867. The molecule has 0 spiro atoms. The summed E-state index contributed by atoms with van der Waals surface area (Å²) in [5.74, 6) is -2.60. The van der Waals surface area contributed by atoms with E-state index in [1.54, 1.807) is 24.3 Å². The molecule has 114 valence electrons. The number of hydrogen-bond acceptors (Lipinski definition) is 2. The van der Waals surface area contributed by atoms with Gasteiger partial charge in [0.05, 0.1) is 13.1 Å². The Bertz CT molecular complexity index is 665. The Morgan fingerprint density at radius 1 is 1.09 bits per heavy atom. The fourth-order valence-electron chi connectivity index (χ4n) is 2.30. The third-order valence-electron chi connectivity index (χ3n) is 3.46. The lowest BCUT2D eigenvalue weighted by Crippen LogP contribution is -2.58. The largest absolute Gasteiger partial charge is 0.489 e. The average Bonchev–Trinajstić information content (AvgIpc) is 2.51. The van der Waals surface area contributed by atoms with Crippen molar-refractivity contribution in [2.24, 2.45) is 0 Å². The number of benzene rings is 2. The van der Waals surface area contributed by atoms with Crippen LogP contribution in [0, 0.1) is 0 Å². The van der Waals surface area contributed by atoms with Crippen LogP contribution in [0.4, 0.5) is 8.78 Å². The van der Waals surface area contributed by atoms with Gasteiger partial charge in [0, 0.05) is 5.56 Å². The fourth-order valence-corrected chi connectivity index (χ4v) is 2.30. The van der Waals surface area contributed by atoms with Gasteiger partial charge in [0.15, 0.2) is 0 Å². The summed E-state index contributed by atoms with van der Waals surface area (Å²) in [5, 5.41) is 0. The van der Waals surface area contributed by atoms with Crippen molar-refractivity contribution in [1.29, 1.82) is 0 Å². The molecule has 0 aromatic heterocycles. The lowest BCUT2D eigenvalue weighted by atomic mass is 10.1. The molecule has 1 aliphatic rings. The molecular formula is C17H15F2NO2. The maximum atomic E-state index is 12.8. The van der Waals surface area contributed by atoms with E-state index in [-0.39, 0.29) is 0 Å². The zero-order valence-electron chi connectivity index (χ0n) is 11.8. The van der Waals surface area contributed by atoms with Gasteiger partial charge < -0.3 is 9.64 Å². The van der Waals surface area contributed by atoms with Crippen LogP contribution in [-0.2, 0) is 6.61 Å². The second-order valence-electron chi connectivity index (χ2n) is 5.32. The van der Waals surface area contributed by atoms with Crippen molar-refractivity contribution in [3.63, 3.8) is 0 Å². The number of alkyl halides is 2. The van der Waals surface area contributed by atoms with Crippen LogP contribution in [0.1, 0.15) is 15.9 Å². The first-order valence-electron chi connectivity index (χ1n) is 6.97. The molecule has 3 nitrogen and oxygen atoms in total. The Balaban J connectivity index is 1.64. The number of carbonyl (C=O) groups excluding carboxylic acids is 1. The van der Waals surface area contributed by atoms with Crippen molar-refractivity contribution in [2.75, 3.05) is 13.1 Å². The first-order valence-corrected chi connectivity index (χ1v) is 6.97. The maximum Gasteiger partial charge on any atom is 0.282 e. The minimum atomic E-state index is -2.75. The summed E-state index contributed by atoms with van der Waals surface area (Å²) in [7, 11) is 0. The molecule has 0 atom stereocenters. The number of carbonyl (C=O) groups is 1. The molecular weight excluding hydrogens is 288 g/mol. The van der Waals surface area contributed by atoms with Crippen molar-refractivity contribution >= 4 is 5.91 Å². The van der Waals surface area contributed by atoms with E-state index in [0.717, 1.165) is 10.5 Å². The van der Waals surface area contributed by atoms with Crippen LogP contribution in [0.5, 0.6) is 5.75 Å². The molecule has 2 aromatic rings. The Morgan fingerprint density at radius 2 is 1.82 bits per heavy atom. The number of halogens is 2. The van der Waals surface area contributed by atoms with E-state index in [0.29, 0.717) is 17.9 Å². The number of amides is 1. The average molecular weight is 303 g/mol. The van der Waals surface area contributed by atoms with Crippen molar-refractivity contribution in [3.8, 4) is 5.75 Å². The molecule has 0 N–H and O–H groups in total. The molecule has 0 unspecified atom stereocenters. The van der Waals surface area contributed by atoms with Gasteiger partial charge in [0.2, 0.25) is 0 Å². The van der Waals surface area contributed by atoms with E-state index in [2.05, 4.69) is 0 Å². The van der Waals surface area contributed by atoms with E-state index >= 15 is 0 Å². The minimum absolute atomic E-state index is 0.362. The van der Waals surface area contributed by atoms with E-state index in [1.807, 2.05) is 30.3 Å². The zero-order chi connectivity index (χ0) is 15.6. The highest BCUT2D eigenvalue weighted by Gasteiger charge is 2.46. The minimum Gasteiger partial charge on any atom is -0.489 e. The summed E-state index contributed by atoms with van der Waals surface area (Å²) in [6, 6.07) is 16.3. The van der Waals surface area contributed by atoms with E-state index < -0.39 is 24.9 Å². The highest BCUT2D eigenvalue weighted by molar-refractivity contribution is 5.95. The van der Waals surface area contributed by atoms with Crippen molar-refractivity contribution in [1.82, 2.24) is 4.90 Å². The molecule has 1 heterocycles. The summed E-state index contributed by atoms with van der Waals surface area (Å²) in [5.41, 5.74) is 1.38. The third-order valence-corrected chi connectivity index (χ3v) is 3.46. The smallest absolute Gasteiger partial charge is 0.282 e. The normalized spacial score (nSPS) is 16.0. The second kappa shape index (κ2) is 5.75. The zero-order valence-corrected chi connectivity index (χ0v) is 11.8. The van der Waals surface area contributed by atoms with Gasteiger partial charge in [-0.2, -0.15) is 0 Å². The van der Waals surface area contributed by atoms with Crippen LogP contribution >= 0.6 is 0 Å². The van der Waals surface area contributed by atoms with Crippen LogP contribution in [0.2, 0.25) is 0 Å². The Kier molecular flexibility index (Phi) is 3.79. The van der Waals surface area contributed by atoms with Gasteiger partial charge in [-0.05, 0) is 23.8 Å². The Labute approximate surface area is 127 Å². The molecule has 0 aliphatic carbocycles. The summed E-state index contributed by atoms with van der Waals surface area (Å²) in [4.78, 5) is 13.2. The highest BCUT2D eigenvalue weighted by Crippen LogP contribution is 2.28. The maximum absolute atomic E-state index is 12.8. The molecule has 0 radical (unpaired) electrons. The van der Waals surface area contributed by atoms with Gasteiger partial charge in [-0.1, -0.05) is 36.4 Å². The lowest BCUT2D eigenvalue weighted by molar-refractivity contribution is -0.113. The van der Waals surface area contributed by atoms with Gasteiger partial charge >= 0.3 is 0 Å². The molecule has 1 aliphatic heterocycles. The Morgan fingerprint density at radius 3 is 2.50 bits per heavy atom. The standard InChI is InChI=1S/C17H15F2NO2/c18-17(19)11-20(12-17)16(21)14-7-4-8-15(9-14)22-10-13-5-2-1-3-6-13/h1-9H,10-12H2. The van der Waals surface area contributed by atoms with E-state index in [4.69, 9.17) is 4.74 Å². The van der Waals surface area contributed by atoms with Crippen LogP contribution in [0.3, 0.4) is 0 Å². The number of hydrogen-bond donors (Lipinski definition) is 0. The molecule has 2 aromatic carbocycles.